The lowest BCUT2D eigenvalue weighted by atomic mass is 9.83. The molecule has 0 spiro atoms. The first-order valence-corrected chi connectivity index (χ1v) is 8.29. The summed E-state index contributed by atoms with van der Waals surface area (Å²) in [5, 5.41) is 0. The minimum Gasteiger partial charge on any atom is -0.493 e. The minimum atomic E-state index is -4.40. The molecule has 7 heteroatoms. The van der Waals surface area contributed by atoms with Crippen LogP contribution in [0.4, 0.5) is 13.2 Å². The van der Waals surface area contributed by atoms with Crippen molar-refractivity contribution in [2.24, 2.45) is 5.92 Å². The van der Waals surface area contributed by atoms with Gasteiger partial charge in [0.1, 0.15) is 5.75 Å². The number of ketones is 1. The summed E-state index contributed by atoms with van der Waals surface area (Å²) in [7, 11) is 1.68. The van der Waals surface area contributed by atoms with Gasteiger partial charge < -0.3 is 9.47 Å². The van der Waals surface area contributed by atoms with E-state index < -0.39 is 5.51 Å². The Morgan fingerprint density at radius 1 is 1.26 bits per heavy atom. The van der Waals surface area contributed by atoms with Crippen molar-refractivity contribution in [1.29, 1.82) is 0 Å². The van der Waals surface area contributed by atoms with Crippen LogP contribution in [-0.4, -0.2) is 31.1 Å². The van der Waals surface area contributed by atoms with Crippen molar-refractivity contribution in [2.45, 2.75) is 42.2 Å². The molecule has 1 fully saturated rings. The predicted molar refractivity (Wildman–Crippen MR) is 80.0 cm³/mol. The van der Waals surface area contributed by atoms with Crippen molar-refractivity contribution in [3.63, 3.8) is 0 Å². The molecule has 0 heterocycles. The number of rotatable bonds is 5. The largest absolute Gasteiger partial charge is 0.493 e. The summed E-state index contributed by atoms with van der Waals surface area (Å²) < 4.78 is 48.9. The number of ether oxygens (including phenoxy) is 2. The summed E-state index contributed by atoms with van der Waals surface area (Å²) in [5.74, 6) is 0.704. The topological polar surface area (TPSA) is 35.5 Å². The summed E-state index contributed by atoms with van der Waals surface area (Å²) in [6, 6.07) is 2.90. The number of Topliss-reactive ketones (excluding diaryl/α,β-unsaturated/α-hetero) is 1. The van der Waals surface area contributed by atoms with Gasteiger partial charge in [-0.15, -0.1) is 0 Å². The second-order valence-electron chi connectivity index (χ2n) is 5.89. The molecule has 0 bridgehead atoms. The van der Waals surface area contributed by atoms with Crippen molar-refractivity contribution in [3.05, 3.63) is 23.3 Å². The maximum atomic E-state index is 12.6. The fourth-order valence-electron chi connectivity index (χ4n) is 3.08. The van der Waals surface area contributed by atoms with Crippen LogP contribution in [0.3, 0.4) is 0 Å². The molecule has 0 N–H and O–H groups in total. The van der Waals surface area contributed by atoms with Crippen molar-refractivity contribution < 1.29 is 27.4 Å². The predicted octanol–water partition coefficient (Wildman–Crippen LogP) is 4.23. The van der Waals surface area contributed by atoms with E-state index in [9.17, 15) is 18.0 Å². The Morgan fingerprint density at radius 2 is 2.00 bits per heavy atom. The van der Waals surface area contributed by atoms with Gasteiger partial charge >= 0.3 is 5.51 Å². The molecule has 0 aromatic heterocycles. The van der Waals surface area contributed by atoms with Crippen LogP contribution >= 0.6 is 11.8 Å². The first-order valence-electron chi connectivity index (χ1n) is 7.48. The van der Waals surface area contributed by atoms with Gasteiger partial charge in [0.2, 0.25) is 0 Å². The van der Waals surface area contributed by atoms with Crippen LogP contribution in [0.25, 0.3) is 0 Å². The summed E-state index contributed by atoms with van der Waals surface area (Å²) >= 11 is -0.231. The maximum absolute atomic E-state index is 12.6. The van der Waals surface area contributed by atoms with E-state index in [1.54, 1.807) is 13.2 Å². The molecule has 3 rings (SSSR count). The third-order valence-electron chi connectivity index (χ3n) is 4.34. The maximum Gasteiger partial charge on any atom is 0.446 e. The Bertz CT molecular complexity index is 609. The number of carbonyl (C=O) groups excluding carboxylic acids is 1. The molecule has 2 aliphatic carbocycles. The van der Waals surface area contributed by atoms with Crippen LogP contribution in [0, 0.1) is 5.92 Å². The molecule has 0 amide bonds. The molecule has 1 aromatic carbocycles. The average molecular weight is 346 g/mol. The number of halogens is 3. The average Bonchev–Trinajstić information content (AvgIpc) is 2.80. The molecule has 1 aromatic rings. The van der Waals surface area contributed by atoms with Crippen molar-refractivity contribution in [2.75, 3.05) is 13.7 Å². The van der Waals surface area contributed by atoms with Gasteiger partial charge in [-0.1, -0.05) is 0 Å². The highest BCUT2D eigenvalue weighted by molar-refractivity contribution is 8.00. The normalized spacial score (nSPS) is 23.6. The second kappa shape index (κ2) is 6.36. The van der Waals surface area contributed by atoms with Gasteiger partial charge in [-0.25, -0.2) is 0 Å². The molecule has 1 saturated carbocycles. The number of methoxy groups -OCH3 is 1. The third kappa shape index (κ3) is 3.66. The van der Waals surface area contributed by atoms with E-state index in [2.05, 4.69) is 0 Å². The van der Waals surface area contributed by atoms with E-state index in [4.69, 9.17) is 9.47 Å². The van der Waals surface area contributed by atoms with Crippen LogP contribution < -0.4 is 4.74 Å². The van der Waals surface area contributed by atoms with Gasteiger partial charge in [0.25, 0.3) is 0 Å². The summed E-state index contributed by atoms with van der Waals surface area (Å²) in [4.78, 5) is 11.9. The van der Waals surface area contributed by atoms with Crippen molar-refractivity contribution in [3.8, 4) is 5.75 Å². The second-order valence-corrected chi connectivity index (χ2v) is 7.00. The highest BCUT2D eigenvalue weighted by Crippen LogP contribution is 2.44. The van der Waals surface area contributed by atoms with Gasteiger partial charge in [0, 0.05) is 29.6 Å². The number of alkyl halides is 3. The lowest BCUT2D eigenvalue weighted by Crippen LogP contribution is -2.34. The Labute approximate surface area is 136 Å². The molecule has 126 valence electrons. The van der Waals surface area contributed by atoms with Gasteiger partial charge in [0.05, 0.1) is 12.7 Å². The van der Waals surface area contributed by atoms with Gasteiger partial charge in [-0.2, -0.15) is 13.2 Å². The number of thioether (sulfide) groups is 1. The van der Waals surface area contributed by atoms with E-state index >= 15 is 0 Å². The molecule has 0 radical (unpaired) electrons. The van der Waals surface area contributed by atoms with Crippen molar-refractivity contribution in [1.82, 2.24) is 0 Å². The smallest absolute Gasteiger partial charge is 0.446 e. The minimum absolute atomic E-state index is 0.0227. The third-order valence-corrected chi connectivity index (χ3v) is 5.13. The molecule has 0 atom stereocenters. The number of benzene rings is 1. The monoisotopic (exact) mass is 346 g/mol. The van der Waals surface area contributed by atoms with Crippen LogP contribution in [0.2, 0.25) is 0 Å². The zero-order valence-electron chi connectivity index (χ0n) is 12.6. The van der Waals surface area contributed by atoms with Crippen molar-refractivity contribution >= 4 is 17.5 Å². The van der Waals surface area contributed by atoms with E-state index in [0.717, 1.165) is 12.8 Å². The van der Waals surface area contributed by atoms with Crippen LogP contribution in [0.15, 0.2) is 17.0 Å². The Balaban J connectivity index is 1.74. The van der Waals surface area contributed by atoms with Crippen LogP contribution in [0.1, 0.15) is 35.2 Å². The summed E-state index contributed by atoms with van der Waals surface area (Å²) in [6.45, 7) is 0.506. The van der Waals surface area contributed by atoms with E-state index in [0.29, 0.717) is 30.3 Å². The standard InChI is InChI=1S/C16H17F3O3S/c1-21-10-6-9(7-10)8-22-13-4-5-14(23-16(17,18)19)15-11(13)2-3-12(15)20/h4-5,9-10H,2-3,6-8H2,1H3. The number of carbonyl (C=O) groups is 1. The molecular formula is C16H17F3O3S. The number of hydrogen-bond donors (Lipinski definition) is 0. The van der Waals surface area contributed by atoms with Gasteiger partial charge in [0.15, 0.2) is 5.78 Å². The summed E-state index contributed by atoms with van der Waals surface area (Å²) in [5.41, 5.74) is -3.60. The molecule has 0 saturated heterocycles. The SMILES string of the molecule is COC1CC(COc2ccc(SC(F)(F)F)c3c2CCC3=O)C1. The fourth-order valence-corrected chi connectivity index (χ4v) is 3.80. The molecule has 3 nitrogen and oxygen atoms in total. The number of fused-ring (bicyclic) bond motifs is 1. The Hall–Kier alpha value is -1.21. The molecular weight excluding hydrogens is 329 g/mol. The Kier molecular flexibility index (Phi) is 4.60. The zero-order chi connectivity index (χ0) is 16.6. The van der Waals surface area contributed by atoms with Gasteiger partial charge in [-0.3, -0.25) is 4.79 Å². The zero-order valence-corrected chi connectivity index (χ0v) is 13.4. The molecule has 2 aliphatic rings. The fraction of sp³-hybridized carbons (Fsp3) is 0.562. The van der Waals surface area contributed by atoms with E-state index in [1.807, 2.05) is 0 Å². The first kappa shape index (κ1) is 16.6. The first-order chi connectivity index (χ1) is 10.9. The summed E-state index contributed by atoms with van der Waals surface area (Å²) in [6.07, 6.45) is 2.83. The highest BCUT2D eigenvalue weighted by atomic mass is 32.2. The molecule has 0 unspecified atom stereocenters. The van der Waals surface area contributed by atoms with Gasteiger partial charge in [-0.05, 0) is 49.1 Å². The van der Waals surface area contributed by atoms with E-state index in [1.165, 1.54) is 6.07 Å². The molecule has 0 aliphatic heterocycles. The quantitative estimate of drug-likeness (QED) is 0.748. The van der Waals surface area contributed by atoms with Crippen LogP contribution in [0.5, 0.6) is 5.75 Å². The lowest BCUT2D eigenvalue weighted by Gasteiger charge is -2.33. The Morgan fingerprint density at radius 3 is 2.65 bits per heavy atom. The lowest BCUT2D eigenvalue weighted by molar-refractivity contribution is -0.0328. The van der Waals surface area contributed by atoms with E-state index in [-0.39, 0.29) is 40.5 Å². The van der Waals surface area contributed by atoms with Crippen LogP contribution in [-0.2, 0) is 11.2 Å². The molecule has 23 heavy (non-hydrogen) atoms. The number of hydrogen-bond acceptors (Lipinski definition) is 4. The highest BCUT2D eigenvalue weighted by Gasteiger charge is 2.35.